The van der Waals surface area contributed by atoms with Gasteiger partial charge in [-0.1, -0.05) is 12.1 Å². The maximum atomic E-state index is 12.9. The summed E-state index contributed by atoms with van der Waals surface area (Å²) in [5.74, 6) is -0.294. The molecule has 1 amide bonds. The molecule has 0 radical (unpaired) electrons. The number of hydrogen-bond donors (Lipinski definition) is 2. The van der Waals surface area contributed by atoms with Crippen LogP contribution in [0.2, 0.25) is 0 Å². The molecular weight excluding hydrogens is 366 g/mol. The molecule has 1 fully saturated rings. The summed E-state index contributed by atoms with van der Waals surface area (Å²) in [7, 11) is -3.69. The summed E-state index contributed by atoms with van der Waals surface area (Å²) in [5, 5.41) is 5.49. The number of sulfonamides is 1. The lowest BCUT2D eigenvalue weighted by Gasteiger charge is -2.31. The molecule has 27 heavy (non-hydrogen) atoms. The fourth-order valence-electron chi connectivity index (χ4n) is 3.63. The second-order valence-corrected chi connectivity index (χ2v) is 8.71. The van der Waals surface area contributed by atoms with E-state index >= 15 is 0 Å². The minimum atomic E-state index is -3.69. The van der Waals surface area contributed by atoms with Gasteiger partial charge in [-0.25, -0.2) is 13.6 Å². The highest BCUT2D eigenvalue weighted by molar-refractivity contribution is 7.89. The SMILES string of the molecule is NS(=O)(=O)[C@H]1CCCN(C(=O)c2ccc3[nH]c4ccccc4c(=O)c3c2)C1. The second kappa shape index (κ2) is 6.47. The molecule has 0 spiro atoms. The Morgan fingerprint density at radius 2 is 1.85 bits per heavy atom. The van der Waals surface area contributed by atoms with E-state index in [0.29, 0.717) is 41.2 Å². The predicted molar refractivity (Wildman–Crippen MR) is 104 cm³/mol. The Kier molecular flexibility index (Phi) is 4.24. The number of para-hydroxylation sites is 1. The number of hydrogen-bond acceptors (Lipinski definition) is 4. The van der Waals surface area contributed by atoms with Gasteiger partial charge in [-0.2, -0.15) is 0 Å². The number of aromatic nitrogens is 1. The molecule has 1 aliphatic rings. The molecule has 7 nitrogen and oxygen atoms in total. The summed E-state index contributed by atoms with van der Waals surface area (Å²) < 4.78 is 23.3. The van der Waals surface area contributed by atoms with Crippen molar-refractivity contribution in [1.29, 1.82) is 0 Å². The van der Waals surface area contributed by atoms with Gasteiger partial charge in [-0.15, -0.1) is 0 Å². The lowest BCUT2D eigenvalue weighted by molar-refractivity contribution is 0.0727. The Bertz CT molecular complexity index is 1220. The molecular formula is C19H19N3O4S. The third-order valence-corrected chi connectivity index (χ3v) is 6.40. The van der Waals surface area contributed by atoms with E-state index < -0.39 is 15.3 Å². The molecule has 8 heteroatoms. The van der Waals surface area contributed by atoms with Crippen molar-refractivity contribution < 1.29 is 13.2 Å². The quantitative estimate of drug-likeness (QED) is 0.652. The maximum absolute atomic E-state index is 12.9. The van der Waals surface area contributed by atoms with Gasteiger partial charge < -0.3 is 9.88 Å². The van der Waals surface area contributed by atoms with E-state index in [-0.39, 0.29) is 17.9 Å². The number of H-pyrrole nitrogens is 1. The number of pyridine rings is 1. The Morgan fingerprint density at radius 3 is 2.63 bits per heavy atom. The van der Waals surface area contributed by atoms with E-state index in [0.717, 1.165) is 5.52 Å². The van der Waals surface area contributed by atoms with E-state index in [1.165, 1.54) is 4.90 Å². The zero-order valence-corrected chi connectivity index (χ0v) is 15.3. The van der Waals surface area contributed by atoms with Gasteiger partial charge in [0.25, 0.3) is 5.91 Å². The van der Waals surface area contributed by atoms with Crippen LogP contribution in [0.15, 0.2) is 47.3 Å². The van der Waals surface area contributed by atoms with Crippen molar-refractivity contribution in [2.75, 3.05) is 13.1 Å². The number of fused-ring (bicyclic) bond motifs is 2. The smallest absolute Gasteiger partial charge is 0.253 e. The van der Waals surface area contributed by atoms with E-state index in [4.69, 9.17) is 5.14 Å². The molecule has 0 aliphatic carbocycles. The van der Waals surface area contributed by atoms with Crippen LogP contribution in [-0.2, 0) is 10.0 Å². The largest absolute Gasteiger partial charge is 0.354 e. The Labute approximate surface area is 155 Å². The predicted octanol–water partition coefficient (Wildman–Crippen LogP) is 1.57. The normalized spacial score (nSPS) is 18.1. The highest BCUT2D eigenvalue weighted by Gasteiger charge is 2.31. The molecule has 0 saturated carbocycles. The van der Waals surface area contributed by atoms with Crippen LogP contribution in [0.25, 0.3) is 21.8 Å². The van der Waals surface area contributed by atoms with Gasteiger partial charge in [0.1, 0.15) is 0 Å². The first-order valence-corrected chi connectivity index (χ1v) is 10.3. The van der Waals surface area contributed by atoms with Crippen molar-refractivity contribution in [3.05, 3.63) is 58.3 Å². The van der Waals surface area contributed by atoms with Crippen molar-refractivity contribution in [3.63, 3.8) is 0 Å². The lowest BCUT2D eigenvalue weighted by Crippen LogP contribution is -2.47. The molecule has 0 bridgehead atoms. The summed E-state index contributed by atoms with van der Waals surface area (Å²) in [5.41, 5.74) is 1.60. The van der Waals surface area contributed by atoms with Crippen LogP contribution >= 0.6 is 0 Å². The van der Waals surface area contributed by atoms with Crippen LogP contribution in [-0.4, -0.2) is 42.5 Å². The molecule has 2 aromatic carbocycles. The van der Waals surface area contributed by atoms with Crippen molar-refractivity contribution >= 4 is 37.7 Å². The van der Waals surface area contributed by atoms with Crippen LogP contribution in [0.1, 0.15) is 23.2 Å². The van der Waals surface area contributed by atoms with Gasteiger partial charge in [0, 0.05) is 40.5 Å². The number of rotatable bonds is 2. The number of benzene rings is 2. The maximum Gasteiger partial charge on any atom is 0.253 e. The van der Waals surface area contributed by atoms with Crippen LogP contribution in [0.4, 0.5) is 0 Å². The van der Waals surface area contributed by atoms with Gasteiger partial charge in [0.2, 0.25) is 10.0 Å². The third-order valence-electron chi connectivity index (χ3n) is 5.08. The number of nitrogens with two attached hydrogens (primary N) is 1. The minimum absolute atomic E-state index is 0.0732. The van der Waals surface area contributed by atoms with E-state index in [2.05, 4.69) is 4.98 Å². The van der Waals surface area contributed by atoms with Crippen LogP contribution in [0.5, 0.6) is 0 Å². The van der Waals surface area contributed by atoms with Crippen LogP contribution < -0.4 is 10.6 Å². The van der Waals surface area contributed by atoms with Gasteiger partial charge >= 0.3 is 0 Å². The van der Waals surface area contributed by atoms with Gasteiger partial charge in [0.05, 0.1) is 5.25 Å². The van der Waals surface area contributed by atoms with Crippen LogP contribution in [0.3, 0.4) is 0 Å². The molecule has 1 atom stereocenters. The van der Waals surface area contributed by atoms with Crippen molar-refractivity contribution in [2.45, 2.75) is 18.1 Å². The first-order valence-electron chi connectivity index (χ1n) is 8.70. The van der Waals surface area contributed by atoms with Crippen LogP contribution in [0, 0.1) is 0 Å². The summed E-state index contributed by atoms with van der Waals surface area (Å²) in [6.07, 6.45) is 1.03. The van der Waals surface area contributed by atoms with Crippen molar-refractivity contribution in [1.82, 2.24) is 9.88 Å². The number of carbonyl (C=O) groups is 1. The number of nitrogens with zero attached hydrogens (tertiary/aromatic N) is 1. The van der Waals surface area contributed by atoms with Gasteiger partial charge in [-0.3, -0.25) is 9.59 Å². The lowest BCUT2D eigenvalue weighted by atomic mass is 10.0. The molecule has 4 rings (SSSR count). The Hall–Kier alpha value is -2.71. The summed E-state index contributed by atoms with van der Waals surface area (Å²) >= 11 is 0. The highest BCUT2D eigenvalue weighted by Crippen LogP contribution is 2.20. The van der Waals surface area contributed by atoms with E-state index in [9.17, 15) is 18.0 Å². The summed E-state index contributed by atoms with van der Waals surface area (Å²) in [6, 6.07) is 12.1. The standard InChI is InChI=1S/C19H19N3O4S/c20-27(25,26)13-4-3-9-22(11-13)19(24)12-7-8-17-15(10-12)18(23)14-5-1-2-6-16(14)21-17/h1-2,5-8,10,13H,3-4,9,11H2,(H,21,23)(H2,20,25,26)/t13-/m0/s1. The number of primary sulfonamides is 1. The third kappa shape index (κ3) is 3.22. The number of nitrogens with one attached hydrogen (secondary N) is 1. The number of likely N-dealkylation sites (tertiary alicyclic amines) is 1. The first-order chi connectivity index (χ1) is 12.8. The summed E-state index contributed by atoms with van der Waals surface area (Å²) in [6.45, 7) is 0.542. The first kappa shape index (κ1) is 17.7. The molecule has 3 N–H and O–H groups in total. The Morgan fingerprint density at radius 1 is 1.11 bits per heavy atom. The average Bonchev–Trinajstić information content (AvgIpc) is 2.67. The van der Waals surface area contributed by atoms with E-state index in [1.54, 1.807) is 30.3 Å². The zero-order chi connectivity index (χ0) is 19.2. The second-order valence-electron chi connectivity index (χ2n) is 6.86. The van der Waals surface area contributed by atoms with Crippen molar-refractivity contribution in [2.24, 2.45) is 5.14 Å². The molecule has 1 aliphatic heterocycles. The molecule has 1 saturated heterocycles. The molecule has 1 aromatic heterocycles. The molecule has 3 aromatic rings. The number of piperidine rings is 1. The topological polar surface area (TPSA) is 113 Å². The van der Waals surface area contributed by atoms with Gasteiger partial charge in [-0.05, 0) is 43.2 Å². The number of amides is 1. The molecule has 0 unspecified atom stereocenters. The van der Waals surface area contributed by atoms with Crippen molar-refractivity contribution in [3.8, 4) is 0 Å². The van der Waals surface area contributed by atoms with E-state index in [1.807, 2.05) is 12.1 Å². The fraction of sp³-hybridized carbons (Fsp3) is 0.263. The molecule has 140 valence electrons. The monoisotopic (exact) mass is 385 g/mol. The Balaban J connectivity index is 1.73. The number of carbonyl (C=O) groups excluding carboxylic acids is 1. The zero-order valence-electron chi connectivity index (χ0n) is 14.5. The molecule has 2 heterocycles. The number of aromatic amines is 1. The highest BCUT2D eigenvalue weighted by atomic mass is 32.2. The van der Waals surface area contributed by atoms with Gasteiger partial charge in [0.15, 0.2) is 5.43 Å². The summed E-state index contributed by atoms with van der Waals surface area (Å²) in [4.78, 5) is 30.3. The average molecular weight is 385 g/mol. The minimum Gasteiger partial charge on any atom is -0.354 e. The fourth-order valence-corrected chi connectivity index (χ4v) is 4.51.